The summed E-state index contributed by atoms with van der Waals surface area (Å²) in [7, 11) is 0. The third-order valence-corrected chi connectivity index (χ3v) is 4.78. The van der Waals surface area contributed by atoms with Crippen molar-refractivity contribution in [2.45, 2.75) is 13.3 Å². The molecular weight excluding hydrogens is 288 g/mol. The van der Waals surface area contributed by atoms with Crippen molar-refractivity contribution < 1.29 is 0 Å². The highest BCUT2D eigenvalue weighted by Gasteiger charge is 2.12. The summed E-state index contributed by atoms with van der Waals surface area (Å²) in [5, 5.41) is 4.61. The first kappa shape index (κ1) is 13.3. The molecule has 0 aliphatic carbocycles. The van der Waals surface area contributed by atoms with E-state index in [4.69, 9.17) is 4.98 Å². The van der Waals surface area contributed by atoms with Crippen LogP contribution in [0.25, 0.3) is 22.0 Å². The van der Waals surface area contributed by atoms with E-state index in [9.17, 15) is 0 Å². The molecule has 4 rings (SSSR count). The van der Waals surface area contributed by atoms with Gasteiger partial charge in [0, 0.05) is 22.6 Å². The average molecular weight is 304 g/mol. The van der Waals surface area contributed by atoms with Crippen molar-refractivity contribution >= 4 is 22.1 Å². The number of thiophene rings is 1. The van der Waals surface area contributed by atoms with Crippen molar-refractivity contribution in [3.63, 3.8) is 0 Å². The Morgan fingerprint density at radius 3 is 2.73 bits per heavy atom. The van der Waals surface area contributed by atoms with Crippen molar-refractivity contribution in [2.24, 2.45) is 0 Å². The fourth-order valence-electron chi connectivity index (χ4n) is 2.88. The summed E-state index contributed by atoms with van der Waals surface area (Å²) in [6, 6.07) is 19.1. The molecule has 0 saturated heterocycles. The second-order valence-corrected chi connectivity index (χ2v) is 6.47. The van der Waals surface area contributed by atoms with Crippen LogP contribution in [-0.4, -0.2) is 9.97 Å². The highest BCUT2D eigenvalue weighted by Crippen LogP contribution is 2.29. The van der Waals surface area contributed by atoms with E-state index in [0.717, 1.165) is 23.6 Å². The van der Waals surface area contributed by atoms with Gasteiger partial charge in [0.25, 0.3) is 0 Å². The molecule has 2 nitrogen and oxygen atoms in total. The van der Waals surface area contributed by atoms with E-state index in [1.807, 2.05) is 0 Å². The van der Waals surface area contributed by atoms with Gasteiger partial charge < -0.3 is 4.98 Å². The minimum atomic E-state index is 0.864. The summed E-state index contributed by atoms with van der Waals surface area (Å²) in [5.41, 5.74) is 3.38. The highest BCUT2D eigenvalue weighted by molar-refractivity contribution is 7.09. The first-order valence-corrected chi connectivity index (χ1v) is 8.25. The number of aromatic nitrogens is 2. The summed E-state index contributed by atoms with van der Waals surface area (Å²) in [6.45, 7) is 2.10. The number of nitrogens with one attached hydrogen (secondary N) is 1. The standard InChI is InChI=1S/C19H16N2S/c1-13-19(21-18(20-13)12-15-8-5-11-22-15)17-10-4-7-14-6-2-3-9-16(14)17/h2-11H,12H2,1H3,(H,20,21). The zero-order valence-electron chi connectivity index (χ0n) is 12.3. The molecule has 0 unspecified atom stereocenters. The Hall–Kier alpha value is -2.39. The molecule has 0 saturated carbocycles. The Balaban J connectivity index is 1.80. The minimum absolute atomic E-state index is 0.864. The summed E-state index contributed by atoms with van der Waals surface area (Å²) in [5.74, 6) is 1.03. The molecule has 2 aromatic heterocycles. The molecule has 0 amide bonds. The van der Waals surface area contributed by atoms with Crippen LogP contribution in [0, 0.1) is 6.92 Å². The number of benzene rings is 2. The van der Waals surface area contributed by atoms with E-state index in [0.29, 0.717) is 0 Å². The summed E-state index contributed by atoms with van der Waals surface area (Å²) < 4.78 is 0. The third-order valence-electron chi connectivity index (χ3n) is 3.90. The lowest BCUT2D eigenvalue weighted by molar-refractivity contribution is 1.03. The maximum Gasteiger partial charge on any atom is 0.112 e. The van der Waals surface area contributed by atoms with Gasteiger partial charge in [0.05, 0.1) is 5.69 Å². The van der Waals surface area contributed by atoms with Gasteiger partial charge in [-0.15, -0.1) is 11.3 Å². The molecule has 108 valence electrons. The normalized spacial score (nSPS) is 11.1. The number of aromatic amines is 1. The molecule has 0 fully saturated rings. The Bertz CT molecular complexity index is 914. The maximum atomic E-state index is 4.86. The van der Waals surface area contributed by atoms with Gasteiger partial charge >= 0.3 is 0 Å². The van der Waals surface area contributed by atoms with Crippen LogP contribution in [-0.2, 0) is 6.42 Å². The van der Waals surface area contributed by atoms with Crippen LogP contribution >= 0.6 is 11.3 Å². The molecule has 0 radical (unpaired) electrons. The van der Waals surface area contributed by atoms with Crippen LogP contribution in [0.1, 0.15) is 16.4 Å². The van der Waals surface area contributed by atoms with E-state index in [1.165, 1.54) is 21.2 Å². The predicted molar refractivity (Wildman–Crippen MR) is 93.4 cm³/mol. The molecule has 1 N–H and O–H groups in total. The van der Waals surface area contributed by atoms with Crippen molar-refractivity contribution in [1.82, 2.24) is 9.97 Å². The van der Waals surface area contributed by atoms with E-state index in [1.54, 1.807) is 11.3 Å². The quantitative estimate of drug-likeness (QED) is 0.554. The summed E-state index contributed by atoms with van der Waals surface area (Å²) in [4.78, 5) is 9.63. The number of hydrogen-bond donors (Lipinski definition) is 1. The maximum absolute atomic E-state index is 4.86. The topological polar surface area (TPSA) is 28.7 Å². The predicted octanol–water partition coefficient (Wildman–Crippen LogP) is 5.19. The van der Waals surface area contributed by atoms with Gasteiger partial charge in [0.1, 0.15) is 5.82 Å². The molecule has 2 heterocycles. The number of rotatable bonds is 3. The van der Waals surface area contributed by atoms with Gasteiger partial charge in [0.2, 0.25) is 0 Å². The lowest BCUT2D eigenvalue weighted by atomic mass is 10.0. The largest absolute Gasteiger partial charge is 0.345 e. The average Bonchev–Trinajstić information content (AvgIpc) is 3.17. The SMILES string of the molecule is Cc1[nH]c(Cc2cccs2)nc1-c1cccc2ccccc12. The van der Waals surface area contributed by atoms with Crippen LogP contribution in [0.15, 0.2) is 60.0 Å². The van der Waals surface area contributed by atoms with E-state index >= 15 is 0 Å². The number of imidazole rings is 1. The summed E-state index contributed by atoms with van der Waals surface area (Å²) >= 11 is 1.77. The van der Waals surface area contributed by atoms with Crippen LogP contribution in [0.3, 0.4) is 0 Å². The van der Waals surface area contributed by atoms with Crippen LogP contribution < -0.4 is 0 Å². The first-order chi connectivity index (χ1) is 10.8. The fourth-order valence-corrected chi connectivity index (χ4v) is 3.59. The Kier molecular flexibility index (Phi) is 3.28. The molecular formula is C19H16N2S. The highest BCUT2D eigenvalue weighted by atomic mass is 32.1. The lowest BCUT2D eigenvalue weighted by Crippen LogP contribution is -1.87. The van der Waals surface area contributed by atoms with Crippen molar-refractivity contribution in [2.75, 3.05) is 0 Å². The molecule has 2 aromatic carbocycles. The Morgan fingerprint density at radius 1 is 1.00 bits per heavy atom. The first-order valence-electron chi connectivity index (χ1n) is 7.37. The van der Waals surface area contributed by atoms with Crippen molar-refractivity contribution in [1.29, 1.82) is 0 Å². The van der Waals surface area contributed by atoms with Crippen molar-refractivity contribution in [3.8, 4) is 11.3 Å². The molecule has 0 aliphatic rings. The fraction of sp³-hybridized carbons (Fsp3) is 0.105. The van der Waals surface area contributed by atoms with E-state index in [-0.39, 0.29) is 0 Å². The Labute approximate surface area is 133 Å². The zero-order valence-corrected chi connectivity index (χ0v) is 13.2. The van der Waals surface area contributed by atoms with Gasteiger partial charge in [-0.1, -0.05) is 48.5 Å². The molecule has 4 aromatic rings. The van der Waals surface area contributed by atoms with E-state index < -0.39 is 0 Å². The number of aryl methyl sites for hydroxylation is 1. The third kappa shape index (κ3) is 2.34. The van der Waals surface area contributed by atoms with Gasteiger partial charge in [-0.2, -0.15) is 0 Å². The van der Waals surface area contributed by atoms with Gasteiger partial charge in [0.15, 0.2) is 0 Å². The molecule has 0 spiro atoms. The molecule has 0 atom stereocenters. The monoisotopic (exact) mass is 304 g/mol. The smallest absolute Gasteiger partial charge is 0.112 e. The number of hydrogen-bond acceptors (Lipinski definition) is 2. The summed E-state index contributed by atoms with van der Waals surface area (Å²) in [6.07, 6.45) is 0.864. The minimum Gasteiger partial charge on any atom is -0.345 e. The molecule has 3 heteroatoms. The number of nitrogens with zero attached hydrogens (tertiary/aromatic N) is 1. The van der Waals surface area contributed by atoms with Crippen LogP contribution in [0.4, 0.5) is 0 Å². The lowest BCUT2D eigenvalue weighted by Gasteiger charge is -2.04. The number of H-pyrrole nitrogens is 1. The van der Waals surface area contributed by atoms with Crippen LogP contribution in [0.5, 0.6) is 0 Å². The zero-order chi connectivity index (χ0) is 14.9. The van der Waals surface area contributed by atoms with E-state index in [2.05, 4.69) is 71.9 Å². The second kappa shape index (κ2) is 5.43. The van der Waals surface area contributed by atoms with Gasteiger partial charge in [-0.25, -0.2) is 4.98 Å². The molecule has 22 heavy (non-hydrogen) atoms. The second-order valence-electron chi connectivity index (χ2n) is 5.44. The van der Waals surface area contributed by atoms with Gasteiger partial charge in [-0.05, 0) is 29.1 Å². The number of fused-ring (bicyclic) bond motifs is 1. The van der Waals surface area contributed by atoms with Crippen molar-refractivity contribution in [3.05, 3.63) is 76.4 Å². The van der Waals surface area contributed by atoms with Gasteiger partial charge in [-0.3, -0.25) is 0 Å². The van der Waals surface area contributed by atoms with Crippen LogP contribution in [0.2, 0.25) is 0 Å². The molecule has 0 bridgehead atoms. The Morgan fingerprint density at radius 2 is 1.86 bits per heavy atom. The molecule has 0 aliphatic heterocycles.